The van der Waals surface area contributed by atoms with Crippen molar-refractivity contribution in [2.45, 2.75) is 32.7 Å². The summed E-state index contributed by atoms with van der Waals surface area (Å²) in [6.45, 7) is 5.16. The Bertz CT molecular complexity index is 333. The van der Waals surface area contributed by atoms with Crippen LogP contribution in [0.2, 0.25) is 0 Å². The number of nitrogen functional groups attached to an aromatic ring is 1. The lowest BCUT2D eigenvalue weighted by Crippen LogP contribution is -2.27. The Morgan fingerprint density at radius 2 is 2.29 bits per heavy atom. The quantitative estimate of drug-likeness (QED) is 0.785. The van der Waals surface area contributed by atoms with Crippen molar-refractivity contribution in [2.75, 3.05) is 17.2 Å². The summed E-state index contributed by atoms with van der Waals surface area (Å²) in [5.41, 5.74) is 6.70. The van der Waals surface area contributed by atoms with Gasteiger partial charge in [0, 0.05) is 24.3 Å². The molecule has 1 aromatic rings. The molecule has 1 aliphatic carbocycles. The van der Waals surface area contributed by atoms with E-state index < -0.39 is 0 Å². The van der Waals surface area contributed by atoms with Crippen molar-refractivity contribution in [1.29, 1.82) is 0 Å². The lowest BCUT2D eigenvalue weighted by molar-refractivity contribution is 0.801. The maximum Gasteiger partial charge on any atom is 0.221 e. The Kier molecular flexibility index (Phi) is 2.27. The van der Waals surface area contributed by atoms with Gasteiger partial charge in [-0.25, -0.2) is 4.98 Å². The van der Waals surface area contributed by atoms with E-state index in [2.05, 4.69) is 21.8 Å². The second-order valence-electron chi connectivity index (χ2n) is 3.75. The van der Waals surface area contributed by atoms with E-state index >= 15 is 0 Å². The van der Waals surface area contributed by atoms with Crippen molar-refractivity contribution >= 4 is 11.8 Å². The number of aromatic nitrogens is 2. The molecule has 2 rings (SSSR count). The van der Waals surface area contributed by atoms with Gasteiger partial charge in [-0.1, -0.05) is 0 Å². The van der Waals surface area contributed by atoms with Gasteiger partial charge in [-0.3, -0.25) is 0 Å². The fourth-order valence-electron chi connectivity index (χ4n) is 1.70. The molecule has 4 heteroatoms. The minimum atomic E-state index is 0.365. The number of aryl methyl sites for hydroxylation is 1. The number of hydrogen-bond acceptors (Lipinski definition) is 4. The van der Waals surface area contributed by atoms with E-state index in [1.54, 1.807) is 6.20 Å². The van der Waals surface area contributed by atoms with Crippen molar-refractivity contribution in [1.82, 2.24) is 9.97 Å². The summed E-state index contributed by atoms with van der Waals surface area (Å²) in [5.74, 6) is 1.37. The molecule has 0 aromatic carbocycles. The molecule has 1 fully saturated rings. The lowest BCUT2D eigenvalue weighted by atomic mass is 10.3. The Balaban J connectivity index is 2.32. The molecule has 0 amide bonds. The largest absolute Gasteiger partial charge is 0.368 e. The van der Waals surface area contributed by atoms with Gasteiger partial charge in [0.2, 0.25) is 5.95 Å². The van der Waals surface area contributed by atoms with Gasteiger partial charge >= 0.3 is 0 Å². The lowest BCUT2D eigenvalue weighted by Gasteiger charge is -2.23. The van der Waals surface area contributed by atoms with Crippen LogP contribution in [0, 0.1) is 6.92 Å². The molecule has 76 valence electrons. The minimum absolute atomic E-state index is 0.365. The fourth-order valence-corrected chi connectivity index (χ4v) is 1.70. The van der Waals surface area contributed by atoms with Crippen molar-refractivity contribution in [3.63, 3.8) is 0 Å². The van der Waals surface area contributed by atoms with Crippen molar-refractivity contribution in [3.05, 3.63) is 11.8 Å². The third-order valence-corrected chi connectivity index (χ3v) is 2.56. The fraction of sp³-hybridized carbons (Fsp3) is 0.600. The van der Waals surface area contributed by atoms with E-state index in [1.165, 1.54) is 12.8 Å². The number of rotatable bonds is 3. The predicted octanol–water partition coefficient (Wildman–Crippen LogP) is 1.36. The van der Waals surface area contributed by atoms with Crippen LogP contribution < -0.4 is 10.6 Å². The SMILES string of the molecule is CCN(c1nc(N)ncc1C)C1CC1. The van der Waals surface area contributed by atoms with Crippen LogP contribution in [0.5, 0.6) is 0 Å². The topological polar surface area (TPSA) is 55.0 Å². The summed E-state index contributed by atoms with van der Waals surface area (Å²) in [7, 11) is 0. The average Bonchev–Trinajstić information content (AvgIpc) is 2.96. The summed E-state index contributed by atoms with van der Waals surface area (Å²) in [5, 5.41) is 0. The Hall–Kier alpha value is -1.32. The van der Waals surface area contributed by atoms with Crippen molar-refractivity contribution in [2.24, 2.45) is 0 Å². The van der Waals surface area contributed by atoms with Crippen LogP contribution >= 0.6 is 0 Å². The van der Waals surface area contributed by atoms with Gasteiger partial charge in [-0.05, 0) is 26.7 Å². The van der Waals surface area contributed by atoms with Gasteiger partial charge in [0.15, 0.2) is 0 Å². The molecule has 0 unspecified atom stereocenters. The molecule has 2 N–H and O–H groups in total. The summed E-state index contributed by atoms with van der Waals surface area (Å²) in [6, 6.07) is 0.674. The van der Waals surface area contributed by atoms with E-state index in [9.17, 15) is 0 Å². The highest BCUT2D eigenvalue weighted by Crippen LogP contribution is 2.31. The first-order chi connectivity index (χ1) is 6.72. The zero-order valence-electron chi connectivity index (χ0n) is 8.70. The third-order valence-electron chi connectivity index (χ3n) is 2.56. The van der Waals surface area contributed by atoms with Crippen LogP contribution in [0.25, 0.3) is 0 Å². The zero-order chi connectivity index (χ0) is 10.1. The van der Waals surface area contributed by atoms with E-state index in [0.29, 0.717) is 12.0 Å². The first-order valence-corrected chi connectivity index (χ1v) is 5.08. The molecule has 0 spiro atoms. The van der Waals surface area contributed by atoms with Crippen LogP contribution in [0.4, 0.5) is 11.8 Å². The van der Waals surface area contributed by atoms with E-state index in [1.807, 2.05) is 6.92 Å². The van der Waals surface area contributed by atoms with Gasteiger partial charge in [0.1, 0.15) is 5.82 Å². The highest BCUT2D eigenvalue weighted by atomic mass is 15.2. The Morgan fingerprint density at radius 3 is 2.86 bits per heavy atom. The van der Waals surface area contributed by atoms with Crippen LogP contribution in [0.15, 0.2) is 6.20 Å². The summed E-state index contributed by atoms with van der Waals surface area (Å²) >= 11 is 0. The zero-order valence-corrected chi connectivity index (χ0v) is 8.70. The van der Waals surface area contributed by atoms with Crippen molar-refractivity contribution < 1.29 is 0 Å². The molecule has 0 radical (unpaired) electrons. The third kappa shape index (κ3) is 1.64. The average molecular weight is 192 g/mol. The number of hydrogen-bond donors (Lipinski definition) is 1. The molecule has 1 aliphatic rings. The normalized spacial score (nSPS) is 15.6. The molecule has 14 heavy (non-hydrogen) atoms. The molecule has 0 saturated heterocycles. The van der Waals surface area contributed by atoms with Gasteiger partial charge < -0.3 is 10.6 Å². The summed E-state index contributed by atoms with van der Waals surface area (Å²) in [4.78, 5) is 10.6. The first-order valence-electron chi connectivity index (χ1n) is 5.08. The summed E-state index contributed by atoms with van der Waals surface area (Å²) in [6.07, 6.45) is 4.34. The van der Waals surface area contributed by atoms with Crippen LogP contribution in [-0.4, -0.2) is 22.6 Å². The predicted molar refractivity (Wildman–Crippen MR) is 57.2 cm³/mol. The van der Waals surface area contributed by atoms with Crippen LogP contribution in [0.1, 0.15) is 25.3 Å². The maximum absolute atomic E-state index is 5.59. The first kappa shape index (κ1) is 9.24. The van der Waals surface area contributed by atoms with E-state index in [0.717, 1.165) is 17.9 Å². The standard InChI is InChI=1S/C10H16N4/c1-3-14(8-4-5-8)9-7(2)6-12-10(11)13-9/h6,8H,3-5H2,1-2H3,(H2,11,12,13). The molecule has 0 bridgehead atoms. The van der Waals surface area contributed by atoms with Gasteiger partial charge in [0.25, 0.3) is 0 Å². The molecule has 1 heterocycles. The summed E-state index contributed by atoms with van der Waals surface area (Å²) < 4.78 is 0. The van der Waals surface area contributed by atoms with Gasteiger partial charge in [-0.15, -0.1) is 0 Å². The highest BCUT2D eigenvalue weighted by molar-refractivity contribution is 5.49. The van der Waals surface area contributed by atoms with Crippen LogP contribution in [0.3, 0.4) is 0 Å². The molecular formula is C10H16N4. The monoisotopic (exact) mass is 192 g/mol. The van der Waals surface area contributed by atoms with Gasteiger partial charge in [-0.2, -0.15) is 4.98 Å². The molecule has 4 nitrogen and oxygen atoms in total. The molecule has 1 saturated carbocycles. The Labute approximate surface area is 84.2 Å². The molecule has 1 aromatic heterocycles. The Morgan fingerprint density at radius 1 is 1.57 bits per heavy atom. The molecular weight excluding hydrogens is 176 g/mol. The molecule has 0 atom stereocenters. The minimum Gasteiger partial charge on any atom is -0.368 e. The van der Waals surface area contributed by atoms with Gasteiger partial charge in [0.05, 0.1) is 0 Å². The second-order valence-corrected chi connectivity index (χ2v) is 3.75. The second kappa shape index (κ2) is 3.44. The van der Waals surface area contributed by atoms with Crippen molar-refractivity contribution in [3.8, 4) is 0 Å². The highest BCUT2D eigenvalue weighted by Gasteiger charge is 2.29. The van der Waals surface area contributed by atoms with Crippen LogP contribution in [-0.2, 0) is 0 Å². The number of nitrogens with zero attached hydrogens (tertiary/aromatic N) is 3. The maximum atomic E-state index is 5.59. The smallest absolute Gasteiger partial charge is 0.221 e. The molecule has 0 aliphatic heterocycles. The number of anilines is 2. The van der Waals surface area contributed by atoms with E-state index in [-0.39, 0.29) is 0 Å². The van der Waals surface area contributed by atoms with E-state index in [4.69, 9.17) is 5.73 Å². The number of nitrogens with two attached hydrogens (primary N) is 1.